The van der Waals surface area contributed by atoms with Crippen molar-refractivity contribution in [2.45, 2.75) is 22.5 Å². The van der Waals surface area contributed by atoms with E-state index in [1.807, 2.05) is 0 Å². The standard InChI is InChI=1S/C22H14F4N2O4S/c23-18-6-5-16(10-17(18)22(24,25)26)33(30,31)15-3-1-13(2-4-15)11-28-21(29)19-9-14-7-8-27-12-20(14)32-19/h1-10,12H,11H2,(H,28,29). The van der Waals surface area contributed by atoms with Crippen molar-refractivity contribution in [1.82, 2.24) is 10.3 Å². The molecule has 0 saturated carbocycles. The molecule has 0 aliphatic heterocycles. The maximum atomic E-state index is 13.5. The summed E-state index contributed by atoms with van der Waals surface area (Å²) in [6.07, 6.45) is -2.00. The van der Waals surface area contributed by atoms with Gasteiger partial charge in [-0.25, -0.2) is 12.8 Å². The first-order chi connectivity index (χ1) is 15.6. The maximum Gasteiger partial charge on any atom is 0.419 e. The summed E-state index contributed by atoms with van der Waals surface area (Å²) in [4.78, 5) is 15.2. The molecular formula is C22H14F4N2O4S. The first-order valence-electron chi connectivity index (χ1n) is 9.38. The van der Waals surface area contributed by atoms with Crippen LogP contribution < -0.4 is 5.32 Å². The number of hydrogen-bond acceptors (Lipinski definition) is 5. The largest absolute Gasteiger partial charge is 0.449 e. The number of carbonyl (C=O) groups is 1. The molecule has 2 aromatic heterocycles. The number of benzene rings is 2. The molecule has 33 heavy (non-hydrogen) atoms. The monoisotopic (exact) mass is 478 g/mol. The Kier molecular flexibility index (Phi) is 5.66. The van der Waals surface area contributed by atoms with E-state index >= 15 is 0 Å². The van der Waals surface area contributed by atoms with Crippen LogP contribution in [0, 0.1) is 5.82 Å². The van der Waals surface area contributed by atoms with Crippen molar-refractivity contribution in [1.29, 1.82) is 0 Å². The summed E-state index contributed by atoms with van der Waals surface area (Å²) in [6, 6.07) is 9.95. The van der Waals surface area contributed by atoms with Crippen molar-refractivity contribution < 1.29 is 35.2 Å². The number of aromatic nitrogens is 1. The third-order valence-electron chi connectivity index (χ3n) is 4.79. The van der Waals surface area contributed by atoms with Gasteiger partial charge in [0.25, 0.3) is 5.91 Å². The molecule has 4 aromatic rings. The summed E-state index contributed by atoms with van der Waals surface area (Å²) in [5.74, 6) is -1.98. The predicted molar refractivity (Wildman–Crippen MR) is 108 cm³/mol. The second kappa shape index (κ2) is 8.32. The highest BCUT2D eigenvalue weighted by atomic mass is 32.2. The number of nitrogens with one attached hydrogen (secondary N) is 1. The van der Waals surface area contributed by atoms with Crippen LogP contribution in [0.5, 0.6) is 0 Å². The Hall–Kier alpha value is -3.73. The Morgan fingerprint density at radius 2 is 1.70 bits per heavy atom. The number of fused-ring (bicyclic) bond motifs is 1. The molecule has 11 heteroatoms. The molecule has 0 radical (unpaired) electrons. The van der Waals surface area contributed by atoms with Crippen LogP contribution in [-0.2, 0) is 22.6 Å². The number of nitrogens with zero attached hydrogens (tertiary/aromatic N) is 1. The molecule has 1 N–H and O–H groups in total. The van der Waals surface area contributed by atoms with Crippen molar-refractivity contribution in [2.75, 3.05) is 0 Å². The number of amides is 1. The molecule has 2 heterocycles. The molecule has 0 unspecified atom stereocenters. The fraction of sp³-hybridized carbons (Fsp3) is 0.0909. The average Bonchev–Trinajstić information content (AvgIpc) is 3.21. The fourth-order valence-corrected chi connectivity index (χ4v) is 4.36. The highest BCUT2D eigenvalue weighted by molar-refractivity contribution is 7.91. The lowest BCUT2D eigenvalue weighted by molar-refractivity contribution is -0.140. The van der Waals surface area contributed by atoms with Crippen LogP contribution in [0.1, 0.15) is 21.7 Å². The number of furan rings is 1. The second-order valence-corrected chi connectivity index (χ2v) is 8.94. The Morgan fingerprint density at radius 3 is 2.36 bits per heavy atom. The Bertz CT molecular complexity index is 1410. The molecule has 0 saturated heterocycles. The first kappa shape index (κ1) is 22.5. The van der Waals surface area contributed by atoms with Gasteiger partial charge >= 0.3 is 6.18 Å². The molecule has 0 aliphatic rings. The Morgan fingerprint density at radius 1 is 1.00 bits per heavy atom. The number of sulfone groups is 1. The van der Waals surface area contributed by atoms with Gasteiger partial charge in [-0.05, 0) is 48.0 Å². The second-order valence-electron chi connectivity index (χ2n) is 6.99. The summed E-state index contributed by atoms with van der Waals surface area (Å²) in [5, 5.41) is 3.33. The highest BCUT2D eigenvalue weighted by Crippen LogP contribution is 2.34. The van der Waals surface area contributed by atoms with E-state index in [9.17, 15) is 30.8 Å². The summed E-state index contributed by atoms with van der Waals surface area (Å²) in [7, 11) is -4.32. The minimum absolute atomic E-state index is 0.0449. The van der Waals surface area contributed by atoms with E-state index in [-0.39, 0.29) is 23.3 Å². The molecule has 4 rings (SSSR count). The van der Waals surface area contributed by atoms with Gasteiger partial charge in [-0.2, -0.15) is 13.2 Å². The van der Waals surface area contributed by atoms with E-state index in [2.05, 4.69) is 10.3 Å². The maximum absolute atomic E-state index is 13.5. The van der Waals surface area contributed by atoms with Gasteiger partial charge in [0.1, 0.15) is 5.82 Å². The van der Waals surface area contributed by atoms with Crippen molar-refractivity contribution in [2.24, 2.45) is 0 Å². The molecule has 0 spiro atoms. The Balaban J connectivity index is 1.49. The molecule has 0 aliphatic carbocycles. The van der Waals surface area contributed by atoms with Gasteiger partial charge in [0.2, 0.25) is 9.84 Å². The van der Waals surface area contributed by atoms with Gasteiger partial charge in [0.15, 0.2) is 11.3 Å². The molecule has 6 nitrogen and oxygen atoms in total. The van der Waals surface area contributed by atoms with Gasteiger partial charge in [0, 0.05) is 18.1 Å². The zero-order valence-corrected chi connectivity index (χ0v) is 17.4. The zero-order valence-electron chi connectivity index (χ0n) is 16.6. The van der Waals surface area contributed by atoms with Gasteiger partial charge < -0.3 is 9.73 Å². The molecule has 0 bridgehead atoms. The van der Waals surface area contributed by atoms with Crippen LogP contribution in [0.25, 0.3) is 11.0 Å². The van der Waals surface area contributed by atoms with E-state index in [1.54, 1.807) is 18.3 Å². The van der Waals surface area contributed by atoms with E-state index < -0.39 is 38.2 Å². The SMILES string of the molecule is O=C(NCc1ccc(S(=O)(=O)c2ccc(F)c(C(F)(F)F)c2)cc1)c1cc2ccncc2o1. The van der Waals surface area contributed by atoms with Gasteiger partial charge in [-0.1, -0.05) is 12.1 Å². The highest BCUT2D eigenvalue weighted by Gasteiger charge is 2.35. The topological polar surface area (TPSA) is 89.3 Å². The van der Waals surface area contributed by atoms with Crippen molar-refractivity contribution in [3.63, 3.8) is 0 Å². The van der Waals surface area contributed by atoms with Crippen LogP contribution >= 0.6 is 0 Å². The minimum Gasteiger partial charge on any atom is -0.449 e. The lowest BCUT2D eigenvalue weighted by atomic mass is 10.2. The quantitative estimate of drug-likeness (QED) is 0.330. The number of rotatable bonds is 5. The number of hydrogen-bond donors (Lipinski definition) is 1. The number of pyridine rings is 1. The van der Waals surface area contributed by atoms with Crippen molar-refractivity contribution in [3.05, 3.63) is 89.7 Å². The van der Waals surface area contributed by atoms with Crippen LogP contribution in [0.15, 0.2) is 81.2 Å². The number of carbonyl (C=O) groups excluding carboxylic acids is 1. The normalized spacial score (nSPS) is 12.1. The molecule has 0 fully saturated rings. The first-order valence-corrected chi connectivity index (χ1v) is 10.9. The van der Waals surface area contributed by atoms with Gasteiger partial charge in [-0.15, -0.1) is 0 Å². The predicted octanol–water partition coefficient (Wildman–Crippen LogP) is 4.75. The third kappa shape index (κ3) is 4.58. The number of alkyl halides is 3. The van der Waals surface area contributed by atoms with E-state index in [0.29, 0.717) is 22.6 Å². The zero-order chi connectivity index (χ0) is 23.8. The smallest absolute Gasteiger partial charge is 0.419 e. The summed E-state index contributed by atoms with van der Waals surface area (Å²) >= 11 is 0. The minimum atomic E-state index is -5.03. The van der Waals surface area contributed by atoms with Gasteiger partial charge in [0.05, 0.1) is 21.6 Å². The third-order valence-corrected chi connectivity index (χ3v) is 6.55. The van der Waals surface area contributed by atoms with Gasteiger partial charge in [-0.3, -0.25) is 9.78 Å². The van der Waals surface area contributed by atoms with Crippen LogP contribution in [-0.4, -0.2) is 19.3 Å². The summed E-state index contributed by atoms with van der Waals surface area (Å²) < 4.78 is 83.1. The lowest BCUT2D eigenvalue weighted by Crippen LogP contribution is -2.22. The Labute approximate surface area is 184 Å². The van der Waals surface area contributed by atoms with Crippen LogP contribution in [0.2, 0.25) is 0 Å². The molecule has 1 amide bonds. The summed E-state index contributed by atoms with van der Waals surface area (Å²) in [5.41, 5.74) is -0.675. The molecule has 0 atom stereocenters. The van der Waals surface area contributed by atoms with E-state index in [4.69, 9.17) is 4.42 Å². The van der Waals surface area contributed by atoms with E-state index in [1.165, 1.54) is 30.5 Å². The number of halogens is 4. The lowest BCUT2D eigenvalue weighted by Gasteiger charge is -2.11. The molecular weight excluding hydrogens is 464 g/mol. The summed E-state index contributed by atoms with van der Waals surface area (Å²) in [6.45, 7) is 0.0449. The van der Waals surface area contributed by atoms with E-state index in [0.717, 1.165) is 6.07 Å². The average molecular weight is 478 g/mol. The molecule has 2 aromatic carbocycles. The fourth-order valence-electron chi connectivity index (χ4n) is 3.08. The van der Waals surface area contributed by atoms with Crippen molar-refractivity contribution in [3.8, 4) is 0 Å². The molecule has 170 valence electrons. The van der Waals surface area contributed by atoms with Crippen LogP contribution in [0.3, 0.4) is 0 Å². The van der Waals surface area contributed by atoms with Crippen molar-refractivity contribution >= 4 is 26.7 Å². The van der Waals surface area contributed by atoms with Crippen LogP contribution in [0.4, 0.5) is 17.6 Å².